The molecular formula is C27H35ClFN7O. The number of amidine groups is 1. The summed E-state index contributed by atoms with van der Waals surface area (Å²) in [6.07, 6.45) is 10.0. The van der Waals surface area contributed by atoms with Crippen molar-refractivity contribution in [1.29, 1.82) is 5.26 Å². The summed E-state index contributed by atoms with van der Waals surface area (Å²) in [6.45, 7) is 11.6. The van der Waals surface area contributed by atoms with Crippen LogP contribution in [0.5, 0.6) is 0 Å². The average molecular weight is 528 g/mol. The first kappa shape index (κ1) is 29.7. The van der Waals surface area contributed by atoms with Gasteiger partial charge in [-0.05, 0) is 29.9 Å². The fraction of sp³-hybridized carbons (Fsp3) is 0.407. The van der Waals surface area contributed by atoms with Crippen molar-refractivity contribution in [3.8, 4) is 6.07 Å². The van der Waals surface area contributed by atoms with Crippen LogP contribution in [0.1, 0.15) is 51.8 Å². The number of hydrazine groups is 1. The lowest BCUT2D eigenvalue weighted by Crippen LogP contribution is -2.43. The molecule has 0 bridgehead atoms. The molecule has 8 nitrogen and oxygen atoms in total. The third-order valence-electron chi connectivity index (χ3n) is 6.99. The van der Waals surface area contributed by atoms with Crippen LogP contribution in [0.2, 0.25) is 0 Å². The number of hydrogen-bond donors (Lipinski definition) is 3. The van der Waals surface area contributed by atoms with Crippen LogP contribution < -0.4 is 16.5 Å². The highest BCUT2D eigenvalue weighted by Gasteiger charge is 2.37. The van der Waals surface area contributed by atoms with Crippen molar-refractivity contribution < 1.29 is 9.18 Å². The van der Waals surface area contributed by atoms with Gasteiger partial charge in [0.1, 0.15) is 18.2 Å². The normalized spacial score (nSPS) is 20.0. The molecule has 10 heteroatoms. The highest BCUT2D eigenvalue weighted by molar-refractivity contribution is 6.31. The number of nitriles is 1. The second-order valence-electron chi connectivity index (χ2n) is 9.28. The van der Waals surface area contributed by atoms with Gasteiger partial charge in [-0.25, -0.2) is 20.2 Å². The van der Waals surface area contributed by atoms with Crippen molar-refractivity contribution >= 4 is 35.1 Å². The van der Waals surface area contributed by atoms with E-state index in [1.165, 1.54) is 17.3 Å². The number of aldehydes is 1. The van der Waals surface area contributed by atoms with Crippen LogP contribution >= 0.6 is 11.6 Å². The first-order valence-corrected chi connectivity index (χ1v) is 12.4. The summed E-state index contributed by atoms with van der Waals surface area (Å²) in [5, 5.41) is 17.8. The predicted molar refractivity (Wildman–Crippen MR) is 147 cm³/mol. The third kappa shape index (κ3) is 7.06. The summed E-state index contributed by atoms with van der Waals surface area (Å²) in [7, 11) is 1.72. The molecule has 1 aliphatic rings. The van der Waals surface area contributed by atoms with E-state index in [1.54, 1.807) is 19.4 Å². The van der Waals surface area contributed by atoms with Crippen LogP contribution in [0.3, 0.4) is 0 Å². The van der Waals surface area contributed by atoms with Gasteiger partial charge in [0.05, 0.1) is 16.3 Å². The number of allylic oxidation sites excluding steroid dienone is 3. The zero-order valence-corrected chi connectivity index (χ0v) is 22.7. The molecule has 0 spiro atoms. The van der Waals surface area contributed by atoms with Crippen LogP contribution in [0, 0.1) is 34.4 Å². The zero-order chi connectivity index (χ0) is 27.8. The Balaban J connectivity index is 2.49. The molecule has 1 aromatic heterocycles. The number of aliphatic imine (C=N–C) groups is 1. The molecule has 37 heavy (non-hydrogen) atoms. The molecule has 4 atom stereocenters. The number of halogens is 2. The summed E-state index contributed by atoms with van der Waals surface area (Å²) >= 11 is 5.96. The first-order valence-electron chi connectivity index (χ1n) is 12.0. The Bertz CT molecular complexity index is 1170. The second kappa shape index (κ2) is 13.2. The van der Waals surface area contributed by atoms with Gasteiger partial charge in [-0.3, -0.25) is 0 Å². The van der Waals surface area contributed by atoms with E-state index in [0.717, 1.165) is 12.4 Å². The fourth-order valence-corrected chi connectivity index (χ4v) is 4.22. The van der Waals surface area contributed by atoms with E-state index >= 15 is 4.39 Å². The number of anilines is 1. The average Bonchev–Trinajstić information content (AvgIpc) is 3.25. The molecule has 1 aromatic rings. The standard InChI is InChI=1S/C27H35ClFN7O/c1-7-20(28)15-32-25-18(4)21(16-33-25)24-19(14-30)13-22(29)26(35-24)34-23(10-12-37)27(5,8-2)17(3)9-11-36(6)31/h7,9,11-13,15-18,23H,1,8,10,31H2,2-6H3,(H,32,33)(H,34,35)/b11-9-,20-15+. The number of nitrogens with two attached hydrogens (primary N) is 1. The van der Waals surface area contributed by atoms with Gasteiger partial charge in [-0.2, -0.15) is 5.26 Å². The van der Waals surface area contributed by atoms with Gasteiger partial charge in [-0.1, -0.05) is 52.0 Å². The highest BCUT2D eigenvalue weighted by Crippen LogP contribution is 2.39. The molecule has 0 saturated carbocycles. The number of nitrogens with one attached hydrogen (secondary N) is 2. The van der Waals surface area contributed by atoms with Crippen LogP contribution in [0.4, 0.5) is 10.2 Å². The number of pyridine rings is 1. The topological polar surface area (TPSA) is 119 Å². The Morgan fingerprint density at radius 3 is 2.84 bits per heavy atom. The van der Waals surface area contributed by atoms with E-state index in [1.807, 2.05) is 39.8 Å². The van der Waals surface area contributed by atoms with Gasteiger partial charge < -0.3 is 20.4 Å². The largest absolute Gasteiger partial charge is 0.364 e. The Morgan fingerprint density at radius 2 is 2.27 bits per heavy atom. The summed E-state index contributed by atoms with van der Waals surface area (Å²) in [4.78, 5) is 20.5. The third-order valence-corrected chi connectivity index (χ3v) is 7.25. The van der Waals surface area contributed by atoms with Crippen LogP contribution in [-0.4, -0.2) is 35.2 Å². The molecule has 0 amide bonds. The molecule has 4 unspecified atom stereocenters. The Hall–Kier alpha value is -3.48. The maximum atomic E-state index is 15.2. The Labute approximate surface area is 223 Å². The van der Waals surface area contributed by atoms with Gasteiger partial charge in [0.2, 0.25) is 0 Å². The van der Waals surface area contributed by atoms with Crippen LogP contribution in [-0.2, 0) is 4.79 Å². The maximum Gasteiger partial charge on any atom is 0.166 e. The minimum atomic E-state index is -0.673. The van der Waals surface area contributed by atoms with Gasteiger partial charge in [0.25, 0.3) is 0 Å². The van der Waals surface area contributed by atoms with Gasteiger partial charge >= 0.3 is 0 Å². The number of carbonyl (C=O) groups is 1. The molecule has 0 saturated heterocycles. The lowest BCUT2D eigenvalue weighted by Gasteiger charge is -2.41. The molecule has 0 radical (unpaired) electrons. The molecule has 2 heterocycles. The monoisotopic (exact) mass is 527 g/mol. The zero-order valence-electron chi connectivity index (χ0n) is 21.9. The molecule has 4 N–H and O–H groups in total. The number of aromatic nitrogens is 1. The summed E-state index contributed by atoms with van der Waals surface area (Å²) in [5.74, 6) is 5.37. The minimum Gasteiger partial charge on any atom is -0.364 e. The highest BCUT2D eigenvalue weighted by atomic mass is 35.5. The predicted octanol–water partition coefficient (Wildman–Crippen LogP) is 5.08. The Morgan fingerprint density at radius 1 is 1.57 bits per heavy atom. The Kier molecular flexibility index (Phi) is 10.6. The van der Waals surface area contributed by atoms with Crippen molar-refractivity contribution in [3.63, 3.8) is 0 Å². The van der Waals surface area contributed by atoms with E-state index in [2.05, 4.69) is 27.2 Å². The number of nitrogens with zero attached hydrogens (tertiary/aromatic N) is 4. The van der Waals surface area contributed by atoms with E-state index in [-0.39, 0.29) is 29.6 Å². The van der Waals surface area contributed by atoms with E-state index in [9.17, 15) is 10.1 Å². The molecule has 198 valence electrons. The number of hydrogen-bond acceptors (Lipinski definition) is 7. The number of carbonyl (C=O) groups excluding carboxylic acids is 1. The van der Waals surface area contributed by atoms with Crippen LogP contribution in [0.15, 0.2) is 53.4 Å². The van der Waals surface area contributed by atoms with E-state index < -0.39 is 17.3 Å². The smallest absolute Gasteiger partial charge is 0.166 e. The van der Waals surface area contributed by atoms with Crippen molar-refractivity contribution in [2.24, 2.45) is 28.1 Å². The van der Waals surface area contributed by atoms with Gasteiger partial charge in [-0.15, -0.1) is 0 Å². The van der Waals surface area contributed by atoms with Gasteiger partial charge in [0, 0.05) is 49.6 Å². The van der Waals surface area contributed by atoms with Crippen molar-refractivity contribution in [1.82, 2.24) is 15.3 Å². The van der Waals surface area contributed by atoms with Crippen LogP contribution in [0.25, 0.3) is 5.57 Å². The summed E-state index contributed by atoms with van der Waals surface area (Å²) < 4.78 is 15.2. The molecular weight excluding hydrogens is 493 g/mol. The summed E-state index contributed by atoms with van der Waals surface area (Å²) in [6, 6.07) is 2.76. The van der Waals surface area contributed by atoms with Gasteiger partial charge in [0.15, 0.2) is 11.6 Å². The number of rotatable bonds is 12. The summed E-state index contributed by atoms with van der Waals surface area (Å²) in [5.41, 5.74) is 0.662. The van der Waals surface area contributed by atoms with Crippen molar-refractivity contribution in [3.05, 3.63) is 65.5 Å². The molecule has 0 aromatic carbocycles. The van der Waals surface area contributed by atoms with E-state index in [0.29, 0.717) is 28.6 Å². The molecule has 1 aliphatic heterocycles. The second-order valence-corrected chi connectivity index (χ2v) is 9.72. The quantitative estimate of drug-likeness (QED) is 0.150. The van der Waals surface area contributed by atoms with Crippen molar-refractivity contribution in [2.75, 3.05) is 12.4 Å². The first-order chi connectivity index (χ1) is 17.5. The molecule has 2 rings (SSSR count). The van der Waals surface area contributed by atoms with Crippen molar-refractivity contribution in [2.45, 2.75) is 46.6 Å². The molecule has 0 aliphatic carbocycles. The minimum absolute atomic E-state index is 0.00200. The SMILES string of the molecule is C=C/C(Cl)=C\N=C1\NC=C(c2nc(NC(CC=O)C(C)(CC)C(C)/C=C\N(C)N)c(F)cc2C#N)C1C. The molecule has 0 fully saturated rings. The maximum absolute atomic E-state index is 15.2. The fourth-order valence-electron chi connectivity index (χ4n) is 4.18. The van der Waals surface area contributed by atoms with E-state index in [4.69, 9.17) is 17.4 Å². The lowest BCUT2D eigenvalue weighted by molar-refractivity contribution is -0.108. The lowest BCUT2D eigenvalue weighted by atomic mass is 9.69.